The van der Waals surface area contributed by atoms with Crippen LogP contribution >= 0.6 is 0 Å². The van der Waals surface area contributed by atoms with Crippen molar-refractivity contribution in [2.75, 3.05) is 24.0 Å². The third kappa shape index (κ3) is 11.2. The second-order valence-electron chi connectivity index (χ2n) is 12.0. The number of amides is 4. The van der Waals surface area contributed by atoms with Crippen LogP contribution in [-0.2, 0) is 0 Å². The number of carbonyl (C=O) groups excluding carboxylic acids is 2. The fourth-order valence-corrected chi connectivity index (χ4v) is 5.42. The van der Waals surface area contributed by atoms with Crippen molar-refractivity contribution in [1.29, 1.82) is 15.8 Å². The number of carbonyl (C=O) groups is 2. The third-order valence-corrected chi connectivity index (χ3v) is 8.05. The molecule has 1 aliphatic carbocycles. The van der Waals surface area contributed by atoms with Gasteiger partial charge in [0.2, 0.25) is 5.82 Å². The van der Waals surface area contributed by atoms with Gasteiger partial charge in [0.1, 0.15) is 24.0 Å². The summed E-state index contributed by atoms with van der Waals surface area (Å²) in [4.78, 5) is 32.1. The number of hydrogen-bond donors (Lipinski definition) is 6. The van der Waals surface area contributed by atoms with E-state index in [1.165, 1.54) is 18.1 Å². The average Bonchev–Trinajstić information content (AvgIpc) is 3.14. The van der Waals surface area contributed by atoms with Gasteiger partial charge in [0.25, 0.3) is 0 Å². The number of para-hydroxylation sites is 1. The molecular weight excluding hydrogens is 646 g/mol. The van der Waals surface area contributed by atoms with Crippen LogP contribution < -0.4 is 37.1 Å². The quantitative estimate of drug-likeness (QED) is 0.0856. The first kappa shape index (κ1) is 37.2. The summed E-state index contributed by atoms with van der Waals surface area (Å²) in [7, 11) is 0. The fraction of sp³-hybridized carbons (Fsp3) is 0.324. The molecule has 3 aromatic carbocycles. The van der Waals surface area contributed by atoms with Crippen molar-refractivity contribution >= 4 is 34.5 Å². The highest BCUT2D eigenvalue weighted by atomic mass is 16.5. The number of anilines is 2. The number of urea groups is 2. The van der Waals surface area contributed by atoms with Gasteiger partial charge in [0.05, 0.1) is 28.9 Å². The summed E-state index contributed by atoms with van der Waals surface area (Å²) in [5, 5.41) is 33.5. The van der Waals surface area contributed by atoms with Gasteiger partial charge >= 0.3 is 12.1 Å². The van der Waals surface area contributed by atoms with Gasteiger partial charge in [0.15, 0.2) is 5.82 Å². The maximum Gasteiger partial charge on any atom is 0.333 e. The molecule has 6 N–H and O–H groups in total. The van der Waals surface area contributed by atoms with E-state index < -0.39 is 6.03 Å². The molecule has 0 saturated heterocycles. The molecular formula is C37H41N11O3. The SMILES string of the molecule is Cc1ccc(OCCCNC(=O)NNc2cc(C#N)c(C#N)cc2C)c(C)c1.N#Cc1nc(NNC(=O)NC2CCCCC2)c2ccccc2n1. The predicted octanol–water partition coefficient (Wildman–Crippen LogP) is 5.91. The Hall–Kier alpha value is -6.59. The third-order valence-electron chi connectivity index (χ3n) is 8.05. The first-order chi connectivity index (χ1) is 24.7. The minimum Gasteiger partial charge on any atom is -0.493 e. The molecule has 1 saturated carbocycles. The molecule has 51 heavy (non-hydrogen) atoms. The monoisotopic (exact) mass is 687 g/mol. The zero-order valence-corrected chi connectivity index (χ0v) is 28.9. The number of aromatic nitrogens is 2. The summed E-state index contributed by atoms with van der Waals surface area (Å²) >= 11 is 0. The Morgan fingerprint density at radius 2 is 1.55 bits per heavy atom. The van der Waals surface area contributed by atoms with E-state index in [1.807, 2.05) is 62.4 Å². The number of nitrogens with zero attached hydrogens (tertiary/aromatic N) is 5. The van der Waals surface area contributed by atoms with Gasteiger partial charge in [-0.05, 0) is 81.5 Å². The van der Waals surface area contributed by atoms with Gasteiger partial charge < -0.3 is 15.4 Å². The molecule has 0 spiro atoms. The minimum atomic E-state index is -0.395. The highest BCUT2D eigenvalue weighted by Gasteiger charge is 2.16. The number of rotatable bonds is 10. The zero-order chi connectivity index (χ0) is 36.6. The Kier molecular flexibility index (Phi) is 13.7. The summed E-state index contributed by atoms with van der Waals surface area (Å²) in [6, 6.07) is 21.9. The summed E-state index contributed by atoms with van der Waals surface area (Å²) in [6.45, 7) is 6.77. The Labute approximate surface area is 297 Å². The van der Waals surface area contributed by atoms with E-state index in [0.717, 1.165) is 47.9 Å². The summed E-state index contributed by atoms with van der Waals surface area (Å²) in [6.07, 6.45) is 6.24. The second-order valence-corrected chi connectivity index (χ2v) is 12.0. The summed E-state index contributed by atoms with van der Waals surface area (Å²) in [5.41, 5.74) is 15.5. The van der Waals surface area contributed by atoms with E-state index in [0.29, 0.717) is 42.2 Å². The Morgan fingerprint density at radius 3 is 2.27 bits per heavy atom. The van der Waals surface area contributed by atoms with Gasteiger partial charge in [-0.15, -0.1) is 0 Å². The largest absolute Gasteiger partial charge is 0.493 e. The van der Waals surface area contributed by atoms with Crippen LogP contribution in [0, 0.1) is 54.8 Å². The van der Waals surface area contributed by atoms with Crippen molar-refractivity contribution in [2.24, 2.45) is 0 Å². The second kappa shape index (κ2) is 18.8. The normalized spacial score (nSPS) is 12.1. The maximum atomic E-state index is 12.0. The molecule has 0 radical (unpaired) electrons. The first-order valence-corrected chi connectivity index (χ1v) is 16.6. The van der Waals surface area contributed by atoms with Gasteiger partial charge in [-0.25, -0.2) is 14.6 Å². The Balaban J connectivity index is 0.000000233. The number of hydrogen-bond acceptors (Lipinski definition) is 10. The van der Waals surface area contributed by atoms with E-state index in [2.05, 4.69) is 48.4 Å². The average molecular weight is 688 g/mol. The lowest BCUT2D eigenvalue weighted by Gasteiger charge is -2.23. The van der Waals surface area contributed by atoms with Gasteiger partial charge in [-0.3, -0.25) is 21.7 Å². The van der Waals surface area contributed by atoms with Crippen LogP contribution in [-0.4, -0.2) is 41.2 Å². The van der Waals surface area contributed by atoms with E-state index in [4.69, 9.17) is 20.5 Å². The van der Waals surface area contributed by atoms with E-state index in [9.17, 15) is 9.59 Å². The van der Waals surface area contributed by atoms with Crippen molar-refractivity contribution in [3.8, 4) is 24.0 Å². The highest BCUT2D eigenvalue weighted by Crippen LogP contribution is 2.21. The highest BCUT2D eigenvalue weighted by molar-refractivity contribution is 5.90. The molecule has 1 aliphatic rings. The number of benzene rings is 3. The summed E-state index contributed by atoms with van der Waals surface area (Å²) < 4.78 is 5.72. The molecule has 4 aromatic rings. The standard InChI is InChI=1S/C21H23N5O2.C16H18N6O/c1-14-5-6-20(16(3)9-14)28-8-4-7-24-21(27)26-25-19-11-18(13-23)17(12-22)10-15(19)2;17-10-14-19-13-9-5-4-8-12(13)15(20-14)21-22-16(23)18-11-6-2-1-3-7-11/h5-6,9-11,25H,4,7-8H2,1-3H3,(H2,24,26,27);4-5,8-9,11H,1-3,6-7H2,(H2,18,22,23)(H,19,20,21). The molecule has 1 heterocycles. The number of nitrogens with one attached hydrogen (secondary N) is 6. The van der Waals surface area contributed by atoms with Crippen LogP contribution in [0.25, 0.3) is 10.9 Å². The number of fused-ring (bicyclic) bond motifs is 1. The number of nitriles is 3. The molecule has 4 amide bonds. The topological polar surface area (TPSA) is 213 Å². The van der Waals surface area contributed by atoms with Gasteiger partial charge in [-0.1, -0.05) is 49.1 Å². The van der Waals surface area contributed by atoms with Crippen molar-refractivity contribution < 1.29 is 14.3 Å². The van der Waals surface area contributed by atoms with E-state index in [1.54, 1.807) is 19.1 Å². The van der Waals surface area contributed by atoms with E-state index in [-0.39, 0.29) is 23.5 Å². The number of aryl methyl sites for hydroxylation is 3. The van der Waals surface area contributed by atoms with Gasteiger partial charge in [-0.2, -0.15) is 20.8 Å². The van der Waals surface area contributed by atoms with Crippen molar-refractivity contribution in [3.63, 3.8) is 0 Å². The summed E-state index contributed by atoms with van der Waals surface area (Å²) in [5.74, 6) is 1.31. The lowest BCUT2D eigenvalue weighted by atomic mass is 9.96. The Morgan fingerprint density at radius 1 is 0.824 bits per heavy atom. The van der Waals surface area contributed by atoms with Crippen LogP contribution in [0.3, 0.4) is 0 Å². The molecule has 0 aliphatic heterocycles. The first-order valence-electron chi connectivity index (χ1n) is 16.6. The molecule has 5 rings (SSSR count). The fourth-order valence-electron chi connectivity index (χ4n) is 5.42. The predicted molar refractivity (Wildman–Crippen MR) is 193 cm³/mol. The molecule has 14 nitrogen and oxygen atoms in total. The number of ether oxygens (including phenoxy) is 1. The molecule has 0 atom stereocenters. The van der Waals surface area contributed by atoms with Crippen molar-refractivity contribution in [1.82, 2.24) is 31.5 Å². The lowest BCUT2D eigenvalue weighted by Crippen LogP contribution is -2.45. The molecule has 262 valence electrons. The molecule has 1 aromatic heterocycles. The molecule has 0 bridgehead atoms. The molecule has 14 heteroatoms. The molecule has 1 fully saturated rings. The van der Waals surface area contributed by atoms with Crippen molar-refractivity contribution in [3.05, 3.63) is 88.2 Å². The lowest BCUT2D eigenvalue weighted by molar-refractivity contribution is 0.234. The van der Waals surface area contributed by atoms with Crippen LogP contribution in [0.5, 0.6) is 5.75 Å². The van der Waals surface area contributed by atoms with E-state index >= 15 is 0 Å². The van der Waals surface area contributed by atoms with Crippen LogP contribution in [0.1, 0.15) is 72.2 Å². The maximum absolute atomic E-state index is 12.0. The zero-order valence-electron chi connectivity index (χ0n) is 28.9. The van der Waals surface area contributed by atoms with Crippen molar-refractivity contribution in [2.45, 2.75) is 65.3 Å². The van der Waals surface area contributed by atoms with Crippen LogP contribution in [0.2, 0.25) is 0 Å². The van der Waals surface area contributed by atoms with Gasteiger partial charge in [0, 0.05) is 18.0 Å². The smallest absolute Gasteiger partial charge is 0.333 e. The number of hydrazine groups is 2. The molecule has 0 unspecified atom stereocenters. The Bertz CT molecular complexity index is 1970. The minimum absolute atomic E-state index is 0.0562. The van der Waals surface area contributed by atoms with Crippen LogP contribution in [0.4, 0.5) is 21.1 Å². The van der Waals surface area contributed by atoms with Crippen LogP contribution in [0.15, 0.2) is 54.6 Å².